The third-order valence-corrected chi connectivity index (χ3v) is 6.91. The number of fused-ring (bicyclic) bond motifs is 1. The number of ether oxygens (including phenoxy) is 1. The van der Waals surface area contributed by atoms with Gasteiger partial charge < -0.3 is 15.2 Å². The molecule has 0 bridgehead atoms. The fraction of sp³-hybridized carbons (Fsp3) is 0.478. The second-order valence-electron chi connectivity index (χ2n) is 7.92. The van der Waals surface area contributed by atoms with Crippen molar-refractivity contribution in [3.8, 4) is 0 Å². The summed E-state index contributed by atoms with van der Waals surface area (Å²) in [6.07, 6.45) is 2.72. The molecule has 172 valence electrons. The molecule has 2 amide bonds. The van der Waals surface area contributed by atoms with Crippen molar-refractivity contribution in [3.63, 3.8) is 0 Å². The van der Waals surface area contributed by atoms with Crippen molar-refractivity contribution in [2.75, 3.05) is 5.75 Å². The minimum atomic E-state index is -1.18. The first-order chi connectivity index (χ1) is 15.3. The van der Waals surface area contributed by atoms with Gasteiger partial charge in [0.05, 0.1) is 0 Å². The topological polar surface area (TPSA) is 113 Å². The first-order valence-corrected chi connectivity index (χ1v) is 11.8. The molecule has 3 atom stereocenters. The van der Waals surface area contributed by atoms with Gasteiger partial charge in [0.25, 0.3) is 11.8 Å². The molecule has 1 aromatic carbocycles. The molecule has 1 saturated heterocycles. The molecule has 0 radical (unpaired) electrons. The number of hydrogen-bond acceptors (Lipinski definition) is 6. The Labute approximate surface area is 191 Å². The zero-order chi connectivity index (χ0) is 23.3. The van der Waals surface area contributed by atoms with E-state index in [1.807, 2.05) is 0 Å². The minimum Gasteiger partial charge on any atom is -0.477 e. The highest BCUT2D eigenvalue weighted by atomic mass is 32.2. The summed E-state index contributed by atoms with van der Waals surface area (Å²) in [5.74, 6) is -2.25. The quantitative estimate of drug-likeness (QED) is 0.313. The predicted molar refractivity (Wildman–Crippen MR) is 119 cm³/mol. The van der Waals surface area contributed by atoms with Gasteiger partial charge in [0.15, 0.2) is 0 Å². The maximum atomic E-state index is 13.1. The van der Waals surface area contributed by atoms with E-state index in [1.165, 1.54) is 16.7 Å². The highest BCUT2D eigenvalue weighted by molar-refractivity contribution is 8.00. The largest absolute Gasteiger partial charge is 0.477 e. The van der Waals surface area contributed by atoms with Crippen molar-refractivity contribution >= 4 is 35.5 Å². The molecule has 2 heterocycles. The molecule has 1 aromatic rings. The van der Waals surface area contributed by atoms with Crippen LogP contribution in [0.5, 0.6) is 0 Å². The van der Waals surface area contributed by atoms with E-state index >= 15 is 0 Å². The lowest BCUT2D eigenvalue weighted by atomic mass is 10.0. The summed E-state index contributed by atoms with van der Waals surface area (Å²) in [6, 6.07) is 7.78. The maximum absolute atomic E-state index is 13.1. The van der Waals surface area contributed by atoms with Crippen LogP contribution in [0.4, 0.5) is 0 Å². The summed E-state index contributed by atoms with van der Waals surface area (Å²) in [4.78, 5) is 50.9. The molecule has 2 N–H and O–H groups in total. The van der Waals surface area contributed by atoms with Crippen LogP contribution in [0.25, 0.3) is 0 Å². The zero-order valence-electron chi connectivity index (χ0n) is 18.2. The highest BCUT2D eigenvalue weighted by Gasteiger charge is 2.54. The lowest BCUT2D eigenvalue weighted by molar-refractivity contribution is -0.159. The van der Waals surface area contributed by atoms with Crippen LogP contribution in [0.15, 0.2) is 41.6 Å². The van der Waals surface area contributed by atoms with Crippen molar-refractivity contribution in [1.82, 2.24) is 10.2 Å². The summed E-state index contributed by atoms with van der Waals surface area (Å²) < 4.78 is 5.51. The number of nitrogens with zero attached hydrogens (tertiary/aromatic N) is 1. The van der Waals surface area contributed by atoms with E-state index in [0.717, 1.165) is 19.3 Å². The number of nitrogens with one attached hydrogen (secondary N) is 1. The second kappa shape index (κ2) is 10.7. The summed E-state index contributed by atoms with van der Waals surface area (Å²) in [5, 5.41) is 11.6. The Hall–Kier alpha value is -2.81. The Kier molecular flexibility index (Phi) is 7.95. The Balaban J connectivity index is 1.69. The number of thioether (sulfide) groups is 1. The van der Waals surface area contributed by atoms with Crippen molar-refractivity contribution in [2.24, 2.45) is 0 Å². The SMILES string of the molecule is CCCCCCC(=O)O[C@@H](C(=O)N[C@@H]1C(=O)N2C(C(=O)O)=C(C)CS[C@H]12)c1ccccc1. The average Bonchev–Trinajstić information content (AvgIpc) is 2.78. The zero-order valence-corrected chi connectivity index (χ0v) is 19.0. The molecular weight excluding hydrogens is 432 g/mol. The third kappa shape index (κ3) is 5.15. The van der Waals surface area contributed by atoms with Crippen LogP contribution >= 0.6 is 11.8 Å². The van der Waals surface area contributed by atoms with E-state index in [9.17, 15) is 24.3 Å². The second-order valence-corrected chi connectivity index (χ2v) is 9.03. The van der Waals surface area contributed by atoms with Gasteiger partial charge >= 0.3 is 11.9 Å². The van der Waals surface area contributed by atoms with E-state index in [2.05, 4.69) is 12.2 Å². The highest BCUT2D eigenvalue weighted by Crippen LogP contribution is 2.40. The number of β-lactam (4-membered cyclic amide) rings is 1. The van der Waals surface area contributed by atoms with E-state index in [4.69, 9.17) is 4.74 Å². The normalized spacial score (nSPS) is 20.8. The fourth-order valence-corrected chi connectivity index (χ4v) is 5.08. The van der Waals surface area contributed by atoms with Gasteiger partial charge in [-0.2, -0.15) is 0 Å². The number of carbonyl (C=O) groups excluding carboxylic acids is 3. The maximum Gasteiger partial charge on any atom is 0.352 e. The number of hydrogen-bond donors (Lipinski definition) is 2. The summed E-state index contributed by atoms with van der Waals surface area (Å²) in [7, 11) is 0. The Morgan fingerprint density at radius 2 is 1.94 bits per heavy atom. The summed E-state index contributed by atoms with van der Waals surface area (Å²) >= 11 is 1.39. The van der Waals surface area contributed by atoms with E-state index in [-0.39, 0.29) is 12.1 Å². The van der Waals surface area contributed by atoms with E-state index < -0.39 is 41.3 Å². The first kappa shape index (κ1) is 23.8. The van der Waals surface area contributed by atoms with Gasteiger partial charge in [0.1, 0.15) is 17.1 Å². The van der Waals surface area contributed by atoms with Gasteiger partial charge in [-0.05, 0) is 18.9 Å². The molecule has 32 heavy (non-hydrogen) atoms. The standard InChI is InChI=1S/C23H28N2O6S/c1-3-4-5-9-12-16(26)31-19(15-10-7-6-8-11-15)20(27)24-17-21(28)25-18(23(29)30)14(2)13-32-22(17)25/h6-8,10-11,17,19,22H,3-5,9,12-13H2,1-2H3,(H,24,27)(H,29,30)/t17-,19-,22-/m1/s1. The molecule has 8 nitrogen and oxygen atoms in total. The van der Waals surface area contributed by atoms with Gasteiger partial charge in [-0.1, -0.05) is 56.5 Å². The van der Waals surface area contributed by atoms with Crippen molar-refractivity contribution in [2.45, 2.75) is 63.5 Å². The van der Waals surface area contributed by atoms with Crippen molar-refractivity contribution < 1.29 is 29.0 Å². The molecule has 0 spiro atoms. The van der Waals surface area contributed by atoms with Crippen LogP contribution in [0.1, 0.15) is 57.6 Å². The molecule has 2 aliphatic rings. The van der Waals surface area contributed by atoms with Crippen LogP contribution in [0.2, 0.25) is 0 Å². The molecule has 2 aliphatic heterocycles. The average molecular weight is 461 g/mol. The molecule has 0 aliphatic carbocycles. The van der Waals surface area contributed by atoms with E-state index in [0.29, 0.717) is 23.3 Å². The number of unbranched alkanes of at least 4 members (excludes halogenated alkanes) is 3. The number of aliphatic carboxylic acids is 1. The summed E-state index contributed by atoms with van der Waals surface area (Å²) in [5.41, 5.74) is 1.09. The minimum absolute atomic E-state index is 0.0256. The van der Waals surface area contributed by atoms with Gasteiger partial charge in [0.2, 0.25) is 6.10 Å². The number of rotatable bonds is 10. The number of benzene rings is 1. The van der Waals surface area contributed by atoms with Crippen LogP contribution in [0.3, 0.4) is 0 Å². The number of carbonyl (C=O) groups is 4. The molecule has 0 saturated carbocycles. The molecule has 0 aromatic heterocycles. The molecule has 1 fully saturated rings. The molecular formula is C23H28N2O6S. The molecule has 0 unspecified atom stereocenters. The monoisotopic (exact) mass is 460 g/mol. The lowest BCUT2D eigenvalue weighted by Crippen LogP contribution is -2.70. The van der Waals surface area contributed by atoms with Gasteiger partial charge in [-0.25, -0.2) is 4.79 Å². The van der Waals surface area contributed by atoms with Crippen LogP contribution in [0, 0.1) is 0 Å². The number of amides is 2. The van der Waals surface area contributed by atoms with Gasteiger partial charge in [0, 0.05) is 17.7 Å². The Bertz CT molecular complexity index is 916. The van der Waals surface area contributed by atoms with Crippen LogP contribution in [-0.2, 0) is 23.9 Å². The van der Waals surface area contributed by atoms with Crippen molar-refractivity contribution in [3.05, 3.63) is 47.2 Å². The third-order valence-electron chi connectivity index (χ3n) is 5.48. The summed E-state index contributed by atoms with van der Waals surface area (Å²) in [6.45, 7) is 3.76. The first-order valence-electron chi connectivity index (χ1n) is 10.8. The number of esters is 1. The number of carboxylic acids is 1. The smallest absolute Gasteiger partial charge is 0.352 e. The Morgan fingerprint density at radius 1 is 1.22 bits per heavy atom. The lowest BCUT2D eigenvalue weighted by Gasteiger charge is -2.49. The van der Waals surface area contributed by atoms with Gasteiger partial charge in [-0.15, -0.1) is 11.8 Å². The van der Waals surface area contributed by atoms with Gasteiger partial charge in [-0.3, -0.25) is 19.3 Å². The predicted octanol–water partition coefficient (Wildman–Crippen LogP) is 3.00. The fourth-order valence-electron chi connectivity index (χ4n) is 3.79. The van der Waals surface area contributed by atoms with E-state index in [1.54, 1.807) is 37.3 Å². The van der Waals surface area contributed by atoms with Crippen LogP contribution < -0.4 is 5.32 Å². The molecule has 3 rings (SSSR count). The Morgan fingerprint density at radius 3 is 2.59 bits per heavy atom. The number of carboxylic acid groups (broad SMARTS) is 1. The van der Waals surface area contributed by atoms with Crippen LogP contribution in [-0.4, -0.2) is 50.9 Å². The van der Waals surface area contributed by atoms with Crippen molar-refractivity contribution in [1.29, 1.82) is 0 Å². The molecule has 9 heteroatoms.